The van der Waals surface area contributed by atoms with E-state index in [1.54, 1.807) is 5.38 Å². The first-order chi connectivity index (χ1) is 7.58. The van der Waals surface area contributed by atoms with Gasteiger partial charge in [0.25, 0.3) is 5.91 Å². The highest BCUT2D eigenvalue weighted by Crippen LogP contribution is 2.18. The Morgan fingerprint density at radius 3 is 2.75 bits per heavy atom. The summed E-state index contributed by atoms with van der Waals surface area (Å²) >= 11 is 1.09. The zero-order valence-corrected chi connectivity index (χ0v) is 8.77. The molecule has 0 aromatic carbocycles. The number of thiophene rings is 1. The van der Waals surface area contributed by atoms with E-state index < -0.39 is 11.9 Å². The minimum absolute atomic E-state index is 0.214. The number of carbonyl (C=O) groups excluding carboxylic acids is 1. The van der Waals surface area contributed by atoms with Gasteiger partial charge in [-0.1, -0.05) is 0 Å². The molecule has 0 saturated heterocycles. The van der Waals surface area contributed by atoms with Crippen LogP contribution in [0.25, 0.3) is 5.69 Å². The zero-order chi connectivity index (χ0) is 11.7. The SMILES string of the molecule is NC(=O)c1cnn(-c2csc(C(=O)O)c2)c1. The molecular formula is C9H7N3O3S. The number of amides is 1. The molecule has 0 spiro atoms. The summed E-state index contributed by atoms with van der Waals surface area (Å²) in [6, 6.07) is 1.48. The Kier molecular flexibility index (Phi) is 2.45. The van der Waals surface area contributed by atoms with Crippen LogP contribution >= 0.6 is 11.3 Å². The lowest BCUT2D eigenvalue weighted by Gasteiger charge is -1.93. The summed E-state index contributed by atoms with van der Waals surface area (Å²) in [5.74, 6) is -1.56. The van der Waals surface area contributed by atoms with Gasteiger partial charge < -0.3 is 10.8 Å². The van der Waals surface area contributed by atoms with E-state index in [0.29, 0.717) is 5.69 Å². The lowest BCUT2D eigenvalue weighted by molar-refractivity contribution is 0.0702. The fourth-order valence-corrected chi connectivity index (χ4v) is 1.86. The van der Waals surface area contributed by atoms with Gasteiger partial charge in [-0.25, -0.2) is 9.48 Å². The molecule has 3 N–H and O–H groups in total. The van der Waals surface area contributed by atoms with Gasteiger partial charge in [0.1, 0.15) is 4.88 Å². The highest BCUT2D eigenvalue weighted by Gasteiger charge is 2.10. The Morgan fingerprint density at radius 2 is 2.25 bits per heavy atom. The zero-order valence-electron chi connectivity index (χ0n) is 7.95. The molecule has 1 amide bonds. The molecule has 0 saturated carbocycles. The molecular weight excluding hydrogens is 230 g/mol. The molecule has 0 aliphatic heterocycles. The third-order valence-corrected chi connectivity index (χ3v) is 2.83. The maximum Gasteiger partial charge on any atom is 0.345 e. The first kappa shape index (κ1) is 10.4. The third kappa shape index (κ3) is 1.80. The lowest BCUT2D eigenvalue weighted by atomic mass is 10.3. The number of carbonyl (C=O) groups is 2. The molecule has 2 aromatic rings. The molecule has 0 radical (unpaired) electrons. The predicted molar refractivity (Wildman–Crippen MR) is 56.9 cm³/mol. The van der Waals surface area contributed by atoms with E-state index in [0.717, 1.165) is 11.3 Å². The van der Waals surface area contributed by atoms with E-state index in [1.807, 2.05) is 0 Å². The predicted octanol–water partition coefficient (Wildman–Crippen LogP) is 0.731. The van der Waals surface area contributed by atoms with Gasteiger partial charge in [0, 0.05) is 11.6 Å². The molecule has 2 aromatic heterocycles. The first-order valence-corrected chi connectivity index (χ1v) is 5.12. The van der Waals surface area contributed by atoms with Crippen LogP contribution in [0.4, 0.5) is 0 Å². The van der Waals surface area contributed by atoms with E-state index in [4.69, 9.17) is 10.8 Å². The normalized spacial score (nSPS) is 10.2. The van der Waals surface area contributed by atoms with Crippen LogP contribution in [0.3, 0.4) is 0 Å². The fraction of sp³-hybridized carbons (Fsp3) is 0. The number of aromatic nitrogens is 2. The minimum atomic E-state index is -0.987. The Bertz CT molecular complexity index is 508. The second-order valence-electron chi connectivity index (χ2n) is 3.01. The van der Waals surface area contributed by atoms with Crippen LogP contribution in [0.5, 0.6) is 0 Å². The average Bonchev–Trinajstić information content (AvgIpc) is 2.86. The van der Waals surface area contributed by atoms with Crippen LogP contribution in [0, 0.1) is 0 Å². The Labute approximate surface area is 93.9 Å². The molecule has 0 aliphatic rings. The van der Waals surface area contributed by atoms with Gasteiger partial charge in [-0.15, -0.1) is 11.3 Å². The second kappa shape index (κ2) is 3.78. The van der Waals surface area contributed by atoms with Gasteiger partial charge in [-0.3, -0.25) is 4.79 Å². The van der Waals surface area contributed by atoms with Crippen LogP contribution < -0.4 is 5.73 Å². The second-order valence-corrected chi connectivity index (χ2v) is 3.92. The molecule has 7 heteroatoms. The number of hydrogen-bond donors (Lipinski definition) is 2. The van der Waals surface area contributed by atoms with Crippen molar-refractivity contribution in [1.82, 2.24) is 9.78 Å². The quantitative estimate of drug-likeness (QED) is 0.822. The summed E-state index contributed by atoms with van der Waals surface area (Å²) in [5.41, 5.74) is 5.95. The molecule has 6 nitrogen and oxygen atoms in total. The van der Waals surface area contributed by atoms with Crippen LogP contribution in [-0.4, -0.2) is 26.8 Å². The number of primary amides is 1. The number of hydrogen-bond acceptors (Lipinski definition) is 4. The van der Waals surface area contributed by atoms with E-state index in [1.165, 1.54) is 23.1 Å². The smallest absolute Gasteiger partial charge is 0.345 e. The minimum Gasteiger partial charge on any atom is -0.477 e. The monoisotopic (exact) mass is 237 g/mol. The molecule has 2 rings (SSSR count). The molecule has 0 unspecified atom stereocenters. The number of carboxylic acid groups (broad SMARTS) is 1. The van der Waals surface area contributed by atoms with Gasteiger partial charge >= 0.3 is 5.97 Å². The first-order valence-electron chi connectivity index (χ1n) is 4.24. The van der Waals surface area contributed by atoms with Crippen molar-refractivity contribution in [2.75, 3.05) is 0 Å². The van der Waals surface area contributed by atoms with E-state index in [2.05, 4.69) is 5.10 Å². The largest absolute Gasteiger partial charge is 0.477 e. The van der Waals surface area contributed by atoms with Gasteiger partial charge in [0.05, 0.1) is 17.4 Å². The van der Waals surface area contributed by atoms with Crippen LogP contribution in [0.15, 0.2) is 23.8 Å². The standard InChI is InChI=1S/C9H7N3O3S/c10-8(13)5-2-11-12(3-5)6-1-7(9(14)15)16-4-6/h1-4H,(H2,10,13)(H,14,15). The molecule has 0 fully saturated rings. The molecule has 0 bridgehead atoms. The number of carboxylic acids is 1. The summed E-state index contributed by atoms with van der Waals surface area (Å²) in [6.07, 6.45) is 2.79. The van der Waals surface area contributed by atoms with Gasteiger partial charge in [0.2, 0.25) is 0 Å². The summed E-state index contributed by atoms with van der Waals surface area (Å²) in [4.78, 5) is 21.7. The van der Waals surface area contributed by atoms with Crippen molar-refractivity contribution >= 4 is 23.2 Å². The number of aromatic carboxylic acids is 1. The van der Waals surface area contributed by atoms with Gasteiger partial charge in [-0.05, 0) is 6.07 Å². The van der Waals surface area contributed by atoms with E-state index in [9.17, 15) is 9.59 Å². The number of nitrogens with two attached hydrogens (primary N) is 1. The van der Waals surface area contributed by atoms with Gasteiger partial charge in [-0.2, -0.15) is 5.10 Å². The van der Waals surface area contributed by atoms with Crippen molar-refractivity contribution in [3.05, 3.63) is 34.3 Å². The van der Waals surface area contributed by atoms with Gasteiger partial charge in [0.15, 0.2) is 0 Å². The topological polar surface area (TPSA) is 98.2 Å². The van der Waals surface area contributed by atoms with E-state index >= 15 is 0 Å². The maximum atomic E-state index is 10.8. The van der Waals surface area contributed by atoms with Crippen molar-refractivity contribution in [1.29, 1.82) is 0 Å². The fourth-order valence-electron chi connectivity index (χ4n) is 1.15. The van der Waals surface area contributed by atoms with E-state index in [-0.39, 0.29) is 10.4 Å². The Balaban J connectivity index is 2.35. The maximum absolute atomic E-state index is 10.8. The number of rotatable bonds is 3. The Morgan fingerprint density at radius 1 is 1.50 bits per heavy atom. The average molecular weight is 237 g/mol. The van der Waals surface area contributed by atoms with Crippen LogP contribution in [0.2, 0.25) is 0 Å². The summed E-state index contributed by atoms with van der Waals surface area (Å²) < 4.78 is 1.41. The summed E-state index contributed by atoms with van der Waals surface area (Å²) in [7, 11) is 0. The molecule has 0 aliphatic carbocycles. The molecule has 82 valence electrons. The Hall–Kier alpha value is -2.15. The van der Waals surface area contributed by atoms with Crippen LogP contribution in [-0.2, 0) is 0 Å². The lowest BCUT2D eigenvalue weighted by Crippen LogP contribution is -2.09. The third-order valence-electron chi connectivity index (χ3n) is 1.93. The molecule has 2 heterocycles. The van der Waals surface area contributed by atoms with Crippen molar-refractivity contribution in [3.8, 4) is 5.69 Å². The van der Waals surface area contributed by atoms with Crippen molar-refractivity contribution in [2.24, 2.45) is 5.73 Å². The van der Waals surface area contributed by atoms with Crippen LogP contribution in [0.1, 0.15) is 20.0 Å². The highest BCUT2D eigenvalue weighted by atomic mass is 32.1. The highest BCUT2D eigenvalue weighted by molar-refractivity contribution is 7.12. The van der Waals surface area contributed by atoms with Crippen molar-refractivity contribution < 1.29 is 14.7 Å². The summed E-state index contributed by atoms with van der Waals surface area (Å²) in [6.45, 7) is 0. The van der Waals surface area contributed by atoms with Crippen molar-refractivity contribution in [2.45, 2.75) is 0 Å². The molecule has 0 atom stereocenters. The number of nitrogens with zero attached hydrogens (tertiary/aromatic N) is 2. The molecule has 16 heavy (non-hydrogen) atoms. The summed E-state index contributed by atoms with van der Waals surface area (Å²) in [5, 5.41) is 14.3. The van der Waals surface area contributed by atoms with Crippen molar-refractivity contribution in [3.63, 3.8) is 0 Å².